The van der Waals surface area contributed by atoms with Crippen LogP contribution in [-0.2, 0) is 4.74 Å². The van der Waals surface area contributed by atoms with Gasteiger partial charge in [0.1, 0.15) is 5.75 Å². The van der Waals surface area contributed by atoms with Gasteiger partial charge in [-0.1, -0.05) is 19.1 Å². The minimum absolute atomic E-state index is 0.140. The number of alkyl halides is 3. The molecule has 1 aromatic rings. The maximum atomic E-state index is 12.3. The van der Waals surface area contributed by atoms with E-state index in [1.54, 1.807) is 12.1 Å². The van der Waals surface area contributed by atoms with Crippen molar-refractivity contribution in [3.05, 3.63) is 29.8 Å². The van der Waals surface area contributed by atoms with Gasteiger partial charge in [-0.25, -0.2) is 0 Å². The van der Waals surface area contributed by atoms with Crippen molar-refractivity contribution in [1.29, 1.82) is 0 Å². The van der Waals surface area contributed by atoms with E-state index in [0.29, 0.717) is 12.0 Å². The Balaban J connectivity index is 1.55. The molecular formula is C20H27F3O2. The summed E-state index contributed by atoms with van der Waals surface area (Å²) in [5, 5.41) is 0. The highest BCUT2D eigenvalue weighted by Gasteiger charge is 2.36. The van der Waals surface area contributed by atoms with Crippen molar-refractivity contribution in [3.8, 4) is 5.75 Å². The number of hydrogen-bond donors (Lipinski definition) is 0. The first-order chi connectivity index (χ1) is 11.9. The highest BCUT2D eigenvalue weighted by atomic mass is 19.4. The van der Waals surface area contributed by atoms with Crippen LogP contribution >= 0.6 is 0 Å². The van der Waals surface area contributed by atoms with Gasteiger partial charge < -0.3 is 9.47 Å². The monoisotopic (exact) mass is 356 g/mol. The predicted molar refractivity (Wildman–Crippen MR) is 90.6 cm³/mol. The zero-order valence-electron chi connectivity index (χ0n) is 14.7. The normalized spacial score (nSPS) is 29.9. The van der Waals surface area contributed by atoms with Gasteiger partial charge in [0.05, 0.1) is 6.10 Å². The zero-order chi connectivity index (χ0) is 17.9. The lowest BCUT2D eigenvalue weighted by Crippen LogP contribution is -2.33. The summed E-state index contributed by atoms with van der Waals surface area (Å²) in [4.78, 5) is 0. The van der Waals surface area contributed by atoms with Gasteiger partial charge in [-0.2, -0.15) is 0 Å². The standard InChI is InChI=1S/C20H27F3O2/c1-2-11-24-19-10-7-16-12-15(3-4-17(16)13-19)14-5-8-18(9-6-14)25-20(21,22)23/h5-6,8-9,15-17,19H,2-4,7,10-13H2,1H3. The van der Waals surface area contributed by atoms with Crippen molar-refractivity contribution >= 4 is 0 Å². The first-order valence-corrected chi connectivity index (χ1v) is 9.42. The molecule has 0 saturated heterocycles. The van der Waals surface area contributed by atoms with Gasteiger partial charge in [0.15, 0.2) is 0 Å². The molecule has 5 heteroatoms. The molecule has 2 saturated carbocycles. The molecule has 4 atom stereocenters. The minimum atomic E-state index is -4.63. The smallest absolute Gasteiger partial charge is 0.406 e. The van der Waals surface area contributed by atoms with E-state index in [-0.39, 0.29) is 5.75 Å². The largest absolute Gasteiger partial charge is 0.573 e. The van der Waals surface area contributed by atoms with Crippen molar-refractivity contribution in [3.63, 3.8) is 0 Å². The van der Waals surface area contributed by atoms with Crippen molar-refractivity contribution in [1.82, 2.24) is 0 Å². The van der Waals surface area contributed by atoms with Crippen LogP contribution in [-0.4, -0.2) is 19.1 Å². The average molecular weight is 356 g/mol. The van der Waals surface area contributed by atoms with Gasteiger partial charge >= 0.3 is 6.36 Å². The molecule has 140 valence electrons. The summed E-state index contributed by atoms with van der Waals surface area (Å²) in [6.07, 6.45) is 3.86. The molecule has 0 amide bonds. The third-order valence-corrected chi connectivity index (χ3v) is 5.71. The molecule has 0 aliphatic heterocycles. The molecule has 0 N–H and O–H groups in total. The third kappa shape index (κ3) is 5.13. The summed E-state index contributed by atoms with van der Waals surface area (Å²) in [7, 11) is 0. The molecule has 25 heavy (non-hydrogen) atoms. The third-order valence-electron chi connectivity index (χ3n) is 5.71. The molecule has 0 heterocycles. The van der Waals surface area contributed by atoms with E-state index in [9.17, 15) is 13.2 Å². The number of halogens is 3. The summed E-state index contributed by atoms with van der Waals surface area (Å²) in [6.45, 7) is 3.00. The van der Waals surface area contributed by atoms with Gasteiger partial charge in [-0.3, -0.25) is 0 Å². The first kappa shape index (κ1) is 18.6. The van der Waals surface area contributed by atoms with Gasteiger partial charge in [0.25, 0.3) is 0 Å². The first-order valence-electron chi connectivity index (χ1n) is 9.42. The maximum Gasteiger partial charge on any atom is 0.573 e. The van der Waals surface area contributed by atoms with Crippen LogP contribution < -0.4 is 4.74 Å². The number of rotatable bonds is 5. The molecule has 1 aromatic carbocycles. The van der Waals surface area contributed by atoms with E-state index in [4.69, 9.17) is 4.74 Å². The molecule has 0 spiro atoms. The lowest BCUT2D eigenvalue weighted by Gasteiger charge is -2.42. The molecule has 0 aromatic heterocycles. The summed E-state index contributed by atoms with van der Waals surface area (Å²) < 4.78 is 46.7. The van der Waals surface area contributed by atoms with E-state index in [2.05, 4.69) is 11.7 Å². The Labute approximate surface area is 147 Å². The van der Waals surface area contributed by atoms with Gasteiger partial charge in [0, 0.05) is 6.61 Å². The fourth-order valence-electron chi connectivity index (χ4n) is 4.53. The van der Waals surface area contributed by atoms with Crippen LogP contribution in [0.3, 0.4) is 0 Å². The molecule has 0 bridgehead atoms. The van der Waals surface area contributed by atoms with Crippen LogP contribution in [0.4, 0.5) is 13.2 Å². The molecular weight excluding hydrogens is 329 g/mol. The number of hydrogen-bond acceptors (Lipinski definition) is 2. The Morgan fingerprint density at radius 1 is 0.960 bits per heavy atom. The summed E-state index contributed by atoms with van der Waals surface area (Å²) >= 11 is 0. The predicted octanol–water partition coefficient (Wildman–Crippen LogP) is 6.06. The van der Waals surface area contributed by atoms with Crippen LogP contribution in [0.5, 0.6) is 5.75 Å². The molecule has 2 aliphatic carbocycles. The van der Waals surface area contributed by atoms with Gasteiger partial charge in [-0.15, -0.1) is 13.2 Å². The Bertz CT molecular complexity index is 541. The molecule has 0 radical (unpaired) electrons. The van der Waals surface area contributed by atoms with E-state index in [0.717, 1.165) is 49.7 Å². The Kier molecular flexibility index (Phi) is 5.92. The van der Waals surface area contributed by atoms with Crippen molar-refractivity contribution < 1.29 is 22.6 Å². The van der Waals surface area contributed by atoms with Gasteiger partial charge in [-0.05, 0) is 80.4 Å². The Morgan fingerprint density at radius 3 is 2.32 bits per heavy atom. The number of fused-ring (bicyclic) bond motifs is 1. The number of ether oxygens (including phenoxy) is 2. The second kappa shape index (κ2) is 7.98. The maximum absolute atomic E-state index is 12.3. The van der Waals surface area contributed by atoms with Crippen LogP contribution in [0.15, 0.2) is 24.3 Å². The van der Waals surface area contributed by atoms with E-state index >= 15 is 0 Å². The number of benzene rings is 1. The van der Waals surface area contributed by atoms with E-state index in [1.165, 1.54) is 31.4 Å². The second-order valence-electron chi connectivity index (χ2n) is 7.45. The highest BCUT2D eigenvalue weighted by molar-refractivity contribution is 5.30. The summed E-state index contributed by atoms with van der Waals surface area (Å²) in [6, 6.07) is 6.46. The second-order valence-corrected chi connectivity index (χ2v) is 7.45. The van der Waals surface area contributed by atoms with Gasteiger partial charge in [0.2, 0.25) is 0 Å². The Morgan fingerprint density at radius 2 is 1.64 bits per heavy atom. The molecule has 3 rings (SSSR count). The summed E-state index contributed by atoms with van der Waals surface area (Å²) in [5.74, 6) is 1.79. The lowest BCUT2D eigenvalue weighted by molar-refractivity contribution is -0.274. The lowest BCUT2D eigenvalue weighted by atomic mass is 9.65. The highest BCUT2D eigenvalue weighted by Crippen LogP contribution is 2.46. The van der Waals surface area contributed by atoms with Crippen LogP contribution in [0.25, 0.3) is 0 Å². The Hall–Kier alpha value is -1.23. The molecule has 4 unspecified atom stereocenters. The SMILES string of the molecule is CCCOC1CCC2CC(c3ccc(OC(F)(F)F)cc3)CCC2C1. The van der Waals surface area contributed by atoms with Crippen molar-refractivity contribution in [2.24, 2.45) is 11.8 Å². The fraction of sp³-hybridized carbons (Fsp3) is 0.700. The van der Waals surface area contributed by atoms with E-state index in [1.807, 2.05) is 0 Å². The zero-order valence-corrected chi connectivity index (χ0v) is 14.7. The molecule has 2 nitrogen and oxygen atoms in total. The quantitative estimate of drug-likeness (QED) is 0.638. The summed E-state index contributed by atoms with van der Waals surface area (Å²) in [5.41, 5.74) is 1.14. The average Bonchev–Trinajstić information content (AvgIpc) is 2.58. The fourth-order valence-corrected chi connectivity index (χ4v) is 4.53. The van der Waals surface area contributed by atoms with Crippen molar-refractivity contribution in [2.75, 3.05) is 6.61 Å². The minimum Gasteiger partial charge on any atom is -0.406 e. The van der Waals surface area contributed by atoms with Crippen LogP contribution in [0.1, 0.15) is 63.4 Å². The molecule has 2 aliphatic rings. The topological polar surface area (TPSA) is 18.5 Å². The van der Waals surface area contributed by atoms with E-state index < -0.39 is 6.36 Å². The van der Waals surface area contributed by atoms with Crippen LogP contribution in [0, 0.1) is 11.8 Å². The van der Waals surface area contributed by atoms with Crippen molar-refractivity contribution in [2.45, 2.75) is 70.3 Å². The molecule has 2 fully saturated rings. The van der Waals surface area contributed by atoms with Crippen LogP contribution in [0.2, 0.25) is 0 Å².